The van der Waals surface area contributed by atoms with Gasteiger partial charge in [0.15, 0.2) is 0 Å². The summed E-state index contributed by atoms with van der Waals surface area (Å²) in [5.41, 5.74) is -2.03. The molecule has 9 heteroatoms. The smallest absolute Gasteiger partial charge is 0.329 e. The average molecular weight is 278 g/mol. The first-order chi connectivity index (χ1) is 8.45. The zero-order valence-corrected chi connectivity index (χ0v) is 9.80. The zero-order chi connectivity index (χ0) is 13.4. The molecule has 100 valence electrons. The molecular weight excluding hydrogens is 267 g/mol. The standard InChI is InChI=1S/C9H11FN2O5S/c10-3-1-12(9(17)11-7(3)16)8-6(15)5(14)4(2-13)18-8/h1,4-6,8,13-15H,2H2,(H,11,16,17)/t4-,5+,6+,8-/m0/s1. The Bertz CT molecular complexity index is 559. The van der Waals surface area contributed by atoms with E-state index in [1.54, 1.807) is 4.98 Å². The Morgan fingerprint density at radius 2 is 2.06 bits per heavy atom. The highest BCUT2D eigenvalue weighted by Gasteiger charge is 2.43. The number of hydrogen-bond donors (Lipinski definition) is 4. The van der Waals surface area contributed by atoms with Crippen LogP contribution in [0, 0.1) is 5.82 Å². The van der Waals surface area contributed by atoms with Crippen molar-refractivity contribution in [2.24, 2.45) is 0 Å². The molecule has 0 radical (unpaired) electrons. The van der Waals surface area contributed by atoms with Crippen LogP contribution < -0.4 is 11.2 Å². The summed E-state index contributed by atoms with van der Waals surface area (Å²) >= 11 is 0.933. The molecule has 1 aliphatic heterocycles. The van der Waals surface area contributed by atoms with Crippen molar-refractivity contribution in [3.63, 3.8) is 0 Å². The van der Waals surface area contributed by atoms with Gasteiger partial charge in [0.25, 0.3) is 5.56 Å². The van der Waals surface area contributed by atoms with Gasteiger partial charge in [0.2, 0.25) is 5.82 Å². The molecule has 4 N–H and O–H groups in total. The highest BCUT2D eigenvalue weighted by molar-refractivity contribution is 8.00. The van der Waals surface area contributed by atoms with Gasteiger partial charge in [-0.2, -0.15) is 4.39 Å². The first-order valence-corrected chi connectivity index (χ1v) is 6.03. The third-order valence-electron chi connectivity index (χ3n) is 2.72. The molecule has 0 bridgehead atoms. The molecule has 0 aromatic carbocycles. The van der Waals surface area contributed by atoms with Crippen LogP contribution in [0.4, 0.5) is 4.39 Å². The van der Waals surface area contributed by atoms with Gasteiger partial charge in [0, 0.05) is 0 Å². The van der Waals surface area contributed by atoms with E-state index in [0.717, 1.165) is 16.3 Å². The molecule has 0 spiro atoms. The maximum Gasteiger partial charge on any atom is 0.329 e. The molecule has 1 aliphatic rings. The SMILES string of the molecule is O=c1[nH]c(=O)n([C@H]2S[C@@H](CO)[C@@H](O)[C@H]2O)cc1F. The Balaban J connectivity index is 2.42. The van der Waals surface area contributed by atoms with Crippen molar-refractivity contribution in [2.45, 2.75) is 22.8 Å². The first-order valence-electron chi connectivity index (χ1n) is 5.09. The lowest BCUT2D eigenvalue weighted by Crippen LogP contribution is -2.38. The van der Waals surface area contributed by atoms with Gasteiger partial charge in [-0.3, -0.25) is 14.3 Å². The Morgan fingerprint density at radius 3 is 2.61 bits per heavy atom. The van der Waals surface area contributed by atoms with Crippen LogP contribution in [0.1, 0.15) is 5.37 Å². The van der Waals surface area contributed by atoms with E-state index < -0.39 is 39.9 Å². The second-order valence-electron chi connectivity index (χ2n) is 3.87. The van der Waals surface area contributed by atoms with Crippen LogP contribution in [-0.2, 0) is 0 Å². The highest BCUT2D eigenvalue weighted by atomic mass is 32.2. The van der Waals surface area contributed by atoms with Gasteiger partial charge < -0.3 is 15.3 Å². The van der Waals surface area contributed by atoms with Gasteiger partial charge in [-0.15, -0.1) is 11.8 Å². The minimum atomic E-state index is -1.34. The lowest BCUT2D eigenvalue weighted by atomic mass is 10.1. The van der Waals surface area contributed by atoms with E-state index in [9.17, 15) is 24.2 Å². The van der Waals surface area contributed by atoms with Gasteiger partial charge in [0.1, 0.15) is 11.5 Å². The number of nitrogens with zero attached hydrogens (tertiary/aromatic N) is 1. The molecule has 1 fully saturated rings. The Labute approximate surface area is 104 Å². The highest BCUT2D eigenvalue weighted by Crippen LogP contribution is 2.40. The fraction of sp³-hybridized carbons (Fsp3) is 0.556. The minimum Gasteiger partial charge on any atom is -0.395 e. The van der Waals surface area contributed by atoms with Crippen LogP contribution in [0.3, 0.4) is 0 Å². The average Bonchev–Trinajstić information content (AvgIpc) is 2.61. The number of nitrogens with one attached hydrogen (secondary N) is 1. The van der Waals surface area contributed by atoms with Gasteiger partial charge in [0.05, 0.1) is 24.2 Å². The van der Waals surface area contributed by atoms with Crippen LogP contribution in [0.5, 0.6) is 0 Å². The van der Waals surface area contributed by atoms with Gasteiger partial charge in [-0.25, -0.2) is 4.79 Å². The summed E-state index contributed by atoms with van der Waals surface area (Å²) in [6.07, 6.45) is -1.89. The molecule has 7 nitrogen and oxygen atoms in total. The normalized spacial score (nSPS) is 31.8. The third kappa shape index (κ3) is 2.09. The van der Waals surface area contributed by atoms with Gasteiger partial charge in [-0.05, 0) is 0 Å². The lowest BCUT2D eigenvalue weighted by Gasteiger charge is -2.17. The first kappa shape index (κ1) is 13.3. The van der Waals surface area contributed by atoms with Crippen molar-refractivity contribution < 1.29 is 19.7 Å². The number of hydrogen-bond acceptors (Lipinski definition) is 6. The summed E-state index contributed by atoms with van der Waals surface area (Å²) in [7, 11) is 0. The molecule has 1 aromatic heterocycles. The van der Waals surface area contributed by atoms with Crippen LogP contribution in [0.15, 0.2) is 15.8 Å². The summed E-state index contributed by atoms with van der Waals surface area (Å²) < 4.78 is 13.9. The molecule has 2 rings (SSSR count). The number of aromatic amines is 1. The van der Waals surface area contributed by atoms with Crippen molar-refractivity contribution in [1.29, 1.82) is 0 Å². The summed E-state index contributed by atoms with van der Waals surface area (Å²) in [5.74, 6) is -1.16. The number of H-pyrrole nitrogens is 1. The topological polar surface area (TPSA) is 116 Å². The molecule has 0 aliphatic carbocycles. The van der Waals surface area contributed by atoms with Crippen molar-refractivity contribution in [1.82, 2.24) is 9.55 Å². The fourth-order valence-corrected chi connectivity index (χ4v) is 3.14. The summed E-state index contributed by atoms with van der Waals surface area (Å²) in [5, 5.41) is 26.7. The number of aromatic nitrogens is 2. The molecule has 4 atom stereocenters. The van der Waals surface area contributed by atoms with E-state index in [2.05, 4.69) is 0 Å². The maximum absolute atomic E-state index is 13.1. The van der Waals surface area contributed by atoms with Crippen molar-refractivity contribution in [3.8, 4) is 0 Å². The van der Waals surface area contributed by atoms with Crippen molar-refractivity contribution in [3.05, 3.63) is 32.9 Å². The lowest BCUT2D eigenvalue weighted by molar-refractivity contribution is 0.00997. The molecule has 18 heavy (non-hydrogen) atoms. The molecule has 0 unspecified atom stereocenters. The quantitative estimate of drug-likeness (QED) is 0.497. The monoisotopic (exact) mass is 278 g/mol. The van der Waals surface area contributed by atoms with Crippen LogP contribution in [-0.4, -0.2) is 48.9 Å². The maximum atomic E-state index is 13.1. The van der Waals surface area contributed by atoms with Crippen LogP contribution >= 0.6 is 11.8 Å². The summed E-state index contributed by atoms with van der Waals surface area (Å²) in [6.45, 7) is -0.389. The van der Waals surface area contributed by atoms with E-state index in [4.69, 9.17) is 5.11 Å². The Hall–Kier alpha value is -1.16. The van der Waals surface area contributed by atoms with Crippen LogP contribution in [0.25, 0.3) is 0 Å². The number of thioether (sulfide) groups is 1. The van der Waals surface area contributed by atoms with Crippen molar-refractivity contribution >= 4 is 11.8 Å². The molecule has 1 aromatic rings. The molecule has 2 heterocycles. The van der Waals surface area contributed by atoms with E-state index in [1.807, 2.05) is 0 Å². The predicted octanol–water partition coefficient (Wildman–Crippen LogP) is -2.00. The number of aliphatic hydroxyl groups excluding tert-OH is 3. The van der Waals surface area contributed by atoms with E-state index in [-0.39, 0.29) is 6.61 Å². The van der Waals surface area contributed by atoms with Crippen LogP contribution in [0.2, 0.25) is 0 Å². The second kappa shape index (κ2) is 4.84. The van der Waals surface area contributed by atoms with Crippen molar-refractivity contribution in [2.75, 3.05) is 6.61 Å². The zero-order valence-electron chi connectivity index (χ0n) is 8.99. The van der Waals surface area contributed by atoms with Gasteiger partial charge >= 0.3 is 5.69 Å². The number of rotatable bonds is 2. The Morgan fingerprint density at radius 1 is 1.39 bits per heavy atom. The largest absolute Gasteiger partial charge is 0.395 e. The van der Waals surface area contributed by atoms with E-state index in [0.29, 0.717) is 6.20 Å². The molecule has 0 saturated carbocycles. The predicted molar refractivity (Wildman–Crippen MR) is 60.8 cm³/mol. The molecule has 1 saturated heterocycles. The summed E-state index contributed by atoms with van der Waals surface area (Å²) in [4.78, 5) is 24.1. The molecule has 0 amide bonds. The number of aliphatic hydroxyl groups is 3. The third-order valence-corrected chi connectivity index (χ3v) is 4.28. The Kier molecular flexibility index (Phi) is 3.57. The molecular formula is C9H11FN2O5S. The summed E-state index contributed by atoms with van der Waals surface area (Å²) in [6, 6.07) is 0. The van der Waals surface area contributed by atoms with E-state index >= 15 is 0 Å². The van der Waals surface area contributed by atoms with E-state index in [1.165, 1.54) is 0 Å². The number of halogens is 1. The fourth-order valence-electron chi connectivity index (χ4n) is 1.76. The minimum absolute atomic E-state index is 0.389. The van der Waals surface area contributed by atoms with Gasteiger partial charge in [-0.1, -0.05) is 0 Å². The second-order valence-corrected chi connectivity index (χ2v) is 5.23.